The van der Waals surface area contributed by atoms with Crippen molar-refractivity contribution in [2.75, 3.05) is 0 Å². The molecule has 0 aliphatic heterocycles. The number of benzene rings is 7. The fraction of sp³-hybridized carbons (Fsp3) is 0. The first-order valence-electron chi connectivity index (χ1n) is 16.8. The number of hydrogen-bond donors (Lipinski definition) is 0. The highest BCUT2D eigenvalue weighted by molar-refractivity contribution is 5.96. The van der Waals surface area contributed by atoms with Gasteiger partial charge in [0.15, 0.2) is 5.82 Å². The molecule has 0 fully saturated rings. The van der Waals surface area contributed by atoms with Crippen LogP contribution in [0, 0.1) is 0 Å². The average molecular weight is 638 g/mol. The van der Waals surface area contributed by atoms with Crippen LogP contribution in [-0.2, 0) is 0 Å². The normalized spacial score (nSPS) is 11.2. The van der Waals surface area contributed by atoms with Gasteiger partial charge in [0.2, 0.25) is 0 Å². The summed E-state index contributed by atoms with van der Waals surface area (Å²) in [6.07, 6.45) is 3.69. The molecule has 0 atom stereocenters. The van der Waals surface area contributed by atoms with Gasteiger partial charge in [-0.1, -0.05) is 158 Å². The van der Waals surface area contributed by atoms with Crippen molar-refractivity contribution < 1.29 is 0 Å². The highest BCUT2D eigenvalue weighted by Gasteiger charge is 2.14. The van der Waals surface area contributed by atoms with E-state index in [1.165, 1.54) is 27.1 Å². The zero-order valence-electron chi connectivity index (χ0n) is 27.2. The predicted molar refractivity (Wildman–Crippen MR) is 207 cm³/mol. The summed E-state index contributed by atoms with van der Waals surface area (Å²) in [6.45, 7) is 0. The van der Waals surface area contributed by atoms with Crippen LogP contribution >= 0.6 is 0 Å². The Balaban J connectivity index is 1.09. The Morgan fingerprint density at radius 2 is 0.880 bits per heavy atom. The molecule has 9 aromatic rings. The number of hydrogen-bond acceptors (Lipinski definition) is 3. The fourth-order valence-electron chi connectivity index (χ4n) is 6.71. The fourth-order valence-corrected chi connectivity index (χ4v) is 6.71. The summed E-state index contributed by atoms with van der Waals surface area (Å²) >= 11 is 0. The second-order valence-electron chi connectivity index (χ2n) is 12.5. The van der Waals surface area contributed by atoms with Crippen LogP contribution in [-0.4, -0.2) is 15.0 Å². The Morgan fingerprint density at radius 3 is 1.60 bits per heavy atom. The maximum absolute atomic E-state index is 5.18. The molecule has 234 valence electrons. The standard InChI is InChI=1S/C47H31N3/c1-2-9-40-29-41(27-22-32(40)7-1)35-20-25-39(26-21-35)47-49-45(30-46(50-47)44-13-5-10-37-8-3-4-12-43(37)44)38-23-18-34(19-24-38)33-14-16-36(17-15-33)42-11-6-28-48-31-42/h1-31H. The largest absolute Gasteiger partial charge is 0.264 e. The topological polar surface area (TPSA) is 38.7 Å². The lowest BCUT2D eigenvalue weighted by Crippen LogP contribution is -1.96. The zero-order valence-corrected chi connectivity index (χ0v) is 27.2. The van der Waals surface area contributed by atoms with Gasteiger partial charge in [-0.25, -0.2) is 9.97 Å². The average Bonchev–Trinajstić information content (AvgIpc) is 3.21. The molecular formula is C47H31N3. The van der Waals surface area contributed by atoms with E-state index in [1.807, 2.05) is 12.3 Å². The van der Waals surface area contributed by atoms with Gasteiger partial charge in [-0.15, -0.1) is 0 Å². The molecule has 2 heterocycles. The number of nitrogens with zero attached hydrogens (tertiary/aromatic N) is 3. The Kier molecular flexibility index (Phi) is 7.49. The minimum atomic E-state index is 0.700. The van der Waals surface area contributed by atoms with Gasteiger partial charge in [0.1, 0.15) is 0 Å². The monoisotopic (exact) mass is 637 g/mol. The molecule has 2 aromatic heterocycles. The molecule has 0 saturated carbocycles. The Hall–Kier alpha value is -6.71. The van der Waals surface area contributed by atoms with Gasteiger partial charge in [-0.05, 0) is 73.1 Å². The summed E-state index contributed by atoms with van der Waals surface area (Å²) in [7, 11) is 0. The van der Waals surface area contributed by atoms with Gasteiger partial charge < -0.3 is 0 Å². The van der Waals surface area contributed by atoms with Gasteiger partial charge >= 0.3 is 0 Å². The van der Waals surface area contributed by atoms with Crippen molar-refractivity contribution in [3.05, 3.63) is 188 Å². The van der Waals surface area contributed by atoms with E-state index >= 15 is 0 Å². The quantitative estimate of drug-likeness (QED) is 0.182. The van der Waals surface area contributed by atoms with Crippen molar-refractivity contribution in [1.82, 2.24) is 15.0 Å². The number of aromatic nitrogens is 3. The van der Waals surface area contributed by atoms with E-state index in [4.69, 9.17) is 9.97 Å². The van der Waals surface area contributed by atoms with E-state index in [2.05, 4.69) is 175 Å². The van der Waals surface area contributed by atoms with E-state index in [0.29, 0.717) is 5.82 Å². The van der Waals surface area contributed by atoms with Crippen LogP contribution < -0.4 is 0 Å². The molecule has 0 saturated heterocycles. The van der Waals surface area contributed by atoms with E-state index in [-0.39, 0.29) is 0 Å². The number of fused-ring (bicyclic) bond motifs is 2. The summed E-state index contributed by atoms with van der Waals surface area (Å²) in [5.41, 5.74) is 11.8. The van der Waals surface area contributed by atoms with Crippen molar-refractivity contribution in [3.63, 3.8) is 0 Å². The van der Waals surface area contributed by atoms with Crippen LogP contribution in [0.4, 0.5) is 0 Å². The second kappa shape index (κ2) is 12.7. The molecule has 3 nitrogen and oxygen atoms in total. The van der Waals surface area contributed by atoms with Crippen LogP contribution in [0.5, 0.6) is 0 Å². The molecule has 0 radical (unpaired) electrons. The minimum absolute atomic E-state index is 0.700. The Bertz CT molecular complexity index is 2600. The van der Waals surface area contributed by atoms with Gasteiger partial charge in [-0.3, -0.25) is 4.98 Å². The van der Waals surface area contributed by atoms with Gasteiger partial charge in [0.25, 0.3) is 0 Å². The molecule has 0 unspecified atom stereocenters. The predicted octanol–water partition coefficient (Wildman–Crippen LogP) is 12.2. The van der Waals surface area contributed by atoms with Crippen molar-refractivity contribution in [1.29, 1.82) is 0 Å². The molecule has 0 aliphatic rings. The first-order chi connectivity index (χ1) is 24.7. The lowest BCUT2D eigenvalue weighted by molar-refractivity contribution is 1.18. The Morgan fingerprint density at radius 1 is 0.320 bits per heavy atom. The third-order valence-corrected chi connectivity index (χ3v) is 9.41. The molecule has 9 rings (SSSR count). The molecular weight excluding hydrogens is 607 g/mol. The van der Waals surface area contributed by atoms with Crippen LogP contribution in [0.25, 0.3) is 88.8 Å². The van der Waals surface area contributed by atoms with Gasteiger partial charge in [-0.2, -0.15) is 0 Å². The summed E-state index contributed by atoms with van der Waals surface area (Å²) in [6, 6.07) is 62.0. The molecule has 0 bridgehead atoms. The maximum atomic E-state index is 5.18. The van der Waals surface area contributed by atoms with Crippen molar-refractivity contribution >= 4 is 21.5 Å². The second-order valence-corrected chi connectivity index (χ2v) is 12.5. The van der Waals surface area contributed by atoms with Crippen molar-refractivity contribution in [2.24, 2.45) is 0 Å². The zero-order chi connectivity index (χ0) is 33.3. The maximum Gasteiger partial charge on any atom is 0.160 e. The van der Waals surface area contributed by atoms with Gasteiger partial charge in [0, 0.05) is 29.1 Å². The lowest BCUT2D eigenvalue weighted by atomic mass is 9.98. The first-order valence-corrected chi connectivity index (χ1v) is 16.8. The highest BCUT2D eigenvalue weighted by atomic mass is 14.9. The molecule has 0 N–H and O–H groups in total. The van der Waals surface area contributed by atoms with E-state index < -0.39 is 0 Å². The van der Waals surface area contributed by atoms with E-state index in [9.17, 15) is 0 Å². The smallest absolute Gasteiger partial charge is 0.160 e. The lowest BCUT2D eigenvalue weighted by Gasteiger charge is -2.12. The van der Waals surface area contributed by atoms with E-state index in [1.54, 1.807) is 6.20 Å². The summed E-state index contributed by atoms with van der Waals surface area (Å²) in [5.74, 6) is 0.700. The number of pyridine rings is 1. The molecule has 0 aliphatic carbocycles. The highest BCUT2D eigenvalue weighted by Crippen LogP contribution is 2.34. The molecule has 7 aromatic carbocycles. The SMILES string of the molecule is c1cncc(-c2ccc(-c3ccc(-c4cc(-c5cccc6ccccc56)nc(-c5ccc(-c6ccc7ccccc7c6)cc5)n4)cc3)cc2)c1. The summed E-state index contributed by atoms with van der Waals surface area (Å²) < 4.78 is 0. The third kappa shape index (κ3) is 5.72. The number of rotatable bonds is 6. The molecule has 50 heavy (non-hydrogen) atoms. The first kappa shape index (κ1) is 29.4. The van der Waals surface area contributed by atoms with E-state index in [0.717, 1.165) is 55.9 Å². The van der Waals surface area contributed by atoms with Gasteiger partial charge in [0.05, 0.1) is 11.4 Å². The van der Waals surface area contributed by atoms with Crippen LogP contribution in [0.2, 0.25) is 0 Å². The Labute approximate surface area is 291 Å². The van der Waals surface area contributed by atoms with Crippen LogP contribution in [0.15, 0.2) is 188 Å². The molecule has 3 heteroatoms. The minimum Gasteiger partial charge on any atom is -0.264 e. The molecule has 0 amide bonds. The molecule has 0 spiro atoms. The van der Waals surface area contributed by atoms with Crippen molar-refractivity contribution in [3.8, 4) is 67.3 Å². The summed E-state index contributed by atoms with van der Waals surface area (Å²) in [4.78, 5) is 14.6. The summed E-state index contributed by atoms with van der Waals surface area (Å²) in [5, 5.41) is 4.83. The van der Waals surface area contributed by atoms with Crippen LogP contribution in [0.1, 0.15) is 0 Å². The van der Waals surface area contributed by atoms with Crippen LogP contribution in [0.3, 0.4) is 0 Å². The van der Waals surface area contributed by atoms with Crippen molar-refractivity contribution in [2.45, 2.75) is 0 Å². The third-order valence-electron chi connectivity index (χ3n) is 9.41.